The van der Waals surface area contributed by atoms with Gasteiger partial charge < -0.3 is 9.64 Å². The van der Waals surface area contributed by atoms with E-state index < -0.39 is 0 Å². The summed E-state index contributed by atoms with van der Waals surface area (Å²) in [5.41, 5.74) is 2.00. The van der Waals surface area contributed by atoms with Gasteiger partial charge in [-0.1, -0.05) is 12.1 Å². The van der Waals surface area contributed by atoms with Crippen LogP contribution in [0.5, 0.6) is 5.75 Å². The molecule has 5 heteroatoms. The predicted octanol–water partition coefficient (Wildman–Crippen LogP) is 3.08. The van der Waals surface area contributed by atoms with Gasteiger partial charge >= 0.3 is 0 Å². The molecule has 2 aromatic rings. The first-order valence-electron chi connectivity index (χ1n) is 5.94. The van der Waals surface area contributed by atoms with E-state index in [9.17, 15) is 0 Å². The summed E-state index contributed by atoms with van der Waals surface area (Å²) in [6.07, 6.45) is 0. The minimum Gasteiger partial charge on any atom is -0.497 e. The second-order valence-electron chi connectivity index (χ2n) is 4.34. The van der Waals surface area contributed by atoms with E-state index in [0.29, 0.717) is 0 Å². The molecule has 0 radical (unpaired) electrons. The molecule has 0 aliphatic heterocycles. The van der Waals surface area contributed by atoms with Crippen molar-refractivity contribution in [2.75, 3.05) is 19.1 Å². The number of methoxy groups -OCH3 is 1. The molecule has 1 aromatic heterocycles. The van der Waals surface area contributed by atoms with E-state index in [1.165, 1.54) is 0 Å². The number of aryl methyl sites for hydroxylation is 1. The number of hydrogen-bond acceptors (Lipinski definition) is 4. The molecule has 2 rings (SSSR count). The molecule has 0 fully saturated rings. The van der Waals surface area contributed by atoms with Gasteiger partial charge in [0.2, 0.25) is 5.28 Å². The van der Waals surface area contributed by atoms with E-state index in [0.717, 1.165) is 29.4 Å². The van der Waals surface area contributed by atoms with E-state index in [1.54, 1.807) is 7.11 Å². The van der Waals surface area contributed by atoms with Crippen LogP contribution in [-0.4, -0.2) is 24.1 Å². The third kappa shape index (κ3) is 3.58. The molecule has 0 aliphatic rings. The van der Waals surface area contributed by atoms with Gasteiger partial charge in [0.25, 0.3) is 0 Å². The summed E-state index contributed by atoms with van der Waals surface area (Å²) in [6, 6.07) is 9.86. The first kappa shape index (κ1) is 13.6. The molecule has 1 heterocycles. The monoisotopic (exact) mass is 277 g/mol. The largest absolute Gasteiger partial charge is 0.497 e. The molecule has 0 spiro atoms. The lowest BCUT2D eigenvalue weighted by Gasteiger charge is -2.19. The van der Waals surface area contributed by atoms with Crippen LogP contribution in [0.25, 0.3) is 0 Å². The van der Waals surface area contributed by atoms with Gasteiger partial charge in [0.05, 0.1) is 7.11 Å². The number of halogens is 1. The molecule has 0 bridgehead atoms. The van der Waals surface area contributed by atoms with Crippen LogP contribution in [0.15, 0.2) is 30.3 Å². The van der Waals surface area contributed by atoms with Gasteiger partial charge in [-0.15, -0.1) is 0 Å². The average Bonchev–Trinajstić information content (AvgIpc) is 2.37. The molecule has 0 amide bonds. The van der Waals surface area contributed by atoms with Crippen molar-refractivity contribution >= 4 is 17.4 Å². The van der Waals surface area contributed by atoms with Crippen molar-refractivity contribution in [3.63, 3.8) is 0 Å². The van der Waals surface area contributed by atoms with Gasteiger partial charge in [-0.2, -0.15) is 0 Å². The Morgan fingerprint density at radius 2 is 2.05 bits per heavy atom. The minimum absolute atomic E-state index is 0.271. The third-order valence-electron chi connectivity index (χ3n) is 2.76. The maximum absolute atomic E-state index is 5.88. The molecule has 0 saturated carbocycles. The van der Waals surface area contributed by atoms with E-state index in [1.807, 2.05) is 43.1 Å². The number of ether oxygens (including phenoxy) is 1. The Labute approximate surface area is 118 Å². The Morgan fingerprint density at radius 1 is 1.26 bits per heavy atom. The van der Waals surface area contributed by atoms with Crippen molar-refractivity contribution in [3.05, 3.63) is 46.9 Å². The lowest BCUT2D eigenvalue weighted by molar-refractivity contribution is 0.414. The van der Waals surface area contributed by atoms with E-state index >= 15 is 0 Å². The Balaban J connectivity index is 2.17. The topological polar surface area (TPSA) is 38.2 Å². The highest BCUT2D eigenvalue weighted by molar-refractivity contribution is 6.28. The lowest BCUT2D eigenvalue weighted by Crippen LogP contribution is -2.18. The summed E-state index contributed by atoms with van der Waals surface area (Å²) in [7, 11) is 3.63. The van der Waals surface area contributed by atoms with Gasteiger partial charge in [-0.3, -0.25) is 0 Å². The zero-order valence-electron chi connectivity index (χ0n) is 11.2. The van der Waals surface area contributed by atoms with Crippen molar-refractivity contribution in [1.29, 1.82) is 0 Å². The molecule has 0 N–H and O–H groups in total. The molecule has 0 aliphatic carbocycles. The van der Waals surface area contributed by atoms with E-state index in [2.05, 4.69) is 16.0 Å². The molecule has 1 aromatic carbocycles. The van der Waals surface area contributed by atoms with Gasteiger partial charge in [0.1, 0.15) is 11.6 Å². The first-order chi connectivity index (χ1) is 9.08. The maximum Gasteiger partial charge on any atom is 0.224 e. The second kappa shape index (κ2) is 5.89. The van der Waals surface area contributed by atoms with Crippen LogP contribution in [0.1, 0.15) is 11.3 Å². The number of anilines is 1. The Hall–Kier alpha value is -1.81. The molecule has 19 heavy (non-hydrogen) atoms. The zero-order chi connectivity index (χ0) is 13.8. The molecular formula is C14H16ClN3O. The highest BCUT2D eigenvalue weighted by Gasteiger charge is 2.07. The summed E-state index contributed by atoms with van der Waals surface area (Å²) >= 11 is 5.88. The predicted molar refractivity (Wildman–Crippen MR) is 76.9 cm³/mol. The summed E-state index contributed by atoms with van der Waals surface area (Å²) in [4.78, 5) is 10.3. The molecule has 0 atom stereocenters. The fourth-order valence-electron chi connectivity index (χ4n) is 1.84. The standard InChI is InChI=1S/C14H16ClN3O/c1-10-7-13(17-14(15)16-10)18(2)9-11-5-4-6-12(8-11)19-3/h4-8H,9H2,1-3H3. The lowest BCUT2D eigenvalue weighted by atomic mass is 10.2. The zero-order valence-corrected chi connectivity index (χ0v) is 12.0. The fourth-order valence-corrected chi connectivity index (χ4v) is 2.06. The maximum atomic E-state index is 5.88. The number of benzene rings is 1. The molecular weight excluding hydrogens is 262 g/mol. The van der Waals surface area contributed by atoms with Crippen LogP contribution in [0.2, 0.25) is 5.28 Å². The SMILES string of the molecule is COc1cccc(CN(C)c2cc(C)nc(Cl)n2)c1. The van der Waals surface area contributed by atoms with Gasteiger partial charge in [0.15, 0.2) is 0 Å². The number of aromatic nitrogens is 2. The summed E-state index contributed by atoms with van der Waals surface area (Å²) < 4.78 is 5.22. The van der Waals surface area contributed by atoms with Crippen molar-refractivity contribution in [2.45, 2.75) is 13.5 Å². The minimum atomic E-state index is 0.271. The van der Waals surface area contributed by atoms with Gasteiger partial charge in [-0.25, -0.2) is 9.97 Å². The highest BCUT2D eigenvalue weighted by atomic mass is 35.5. The molecule has 0 saturated heterocycles. The summed E-state index contributed by atoms with van der Waals surface area (Å²) in [5, 5.41) is 0.271. The Morgan fingerprint density at radius 3 is 2.74 bits per heavy atom. The molecule has 0 unspecified atom stereocenters. The van der Waals surface area contributed by atoms with Crippen molar-refractivity contribution < 1.29 is 4.74 Å². The van der Waals surface area contributed by atoms with Crippen LogP contribution in [0.3, 0.4) is 0 Å². The average molecular weight is 278 g/mol. The second-order valence-corrected chi connectivity index (χ2v) is 4.68. The van der Waals surface area contributed by atoms with Crippen molar-refractivity contribution in [2.24, 2.45) is 0 Å². The number of rotatable bonds is 4. The third-order valence-corrected chi connectivity index (χ3v) is 2.93. The van der Waals surface area contributed by atoms with Crippen LogP contribution in [0.4, 0.5) is 5.82 Å². The van der Waals surface area contributed by atoms with Gasteiger partial charge in [-0.05, 0) is 36.2 Å². The summed E-state index contributed by atoms with van der Waals surface area (Å²) in [6.45, 7) is 2.63. The smallest absolute Gasteiger partial charge is 0.224 e. The quantitative estimate of drug-likeness (QED) is 0.805. The van der Waals surface area contributed by atoms with Crippen LogP contribution in [-0.2, 0) is 6.54 Å². The van der Waals surface area contributed by atoms with Gasteiger partial charge in [0, 0.05) is 25.4 Å². The Kier molecular flexibility index (Phi) is 4.22. The van der Waals surface area contributed by atoms with Crippen LogP contribution in [0, 0.1) is 6.92 Å². The van der Waals surface area contributed by atoms with E-state index in [-0.39, 0.29) is 5.28 Å². The first-order valence-corrected chi connectivity index (χ1v) is 6.31. The number of nitrogens with zero attached hydrogens (tertiary/aromatic N) is 3. The normalized spacial score (nSPS) is 10.3. The summed E-state index contributed by atoms with van der Waals surface area (Å²) in [5.74, 6) is 1.66. The highest BCUT2D eigenvalue weighted by Crippen LogP contribution is 2.18. The van der Waals surface area contributed by atoms with E-state index in [4.69, 9.17) is 16.3 Å². The van der Waals surface area contributed by atoms with Crippen LogP contribution >= 0.6 is 11.6 Å². The molecule has 100 valence electrons. The molecule has 4 nitrogen and oxygen atoms in total. The van der Waals surface area contributed by atoms with Crippen LogP contribution < -0.4 is 9.64 Å². The number of hydrogen-bond donors (Lipinski definition) is 0. The Bertz CT molecular complexity index is 554. The fraction of sp³-hybridized carbons (Fsp3) is 0.286. The van der Waals surface area contributed by atoms with Crippen molar-refractivity contribution in [3.8, 4) is 5.75 Å². The van der Waals surface area contributed by atoms with Crippen molar-refractivity contribution in [1.82, 2.24) is 9.97 Å².